The molecule has 1 amide bonds. The normalized spacial score (nSPS) is 16.0. The smallest absolute Gasteiger partial charge is 0.352 e. The molecule has 6 nitrogen and oxygen atoms in total. The lowest BCUT2D eigenvalue weighted by Gasteiger charge is -2.32. The second-order valence-corrected chi connectivity index (χ2v) is 6.07. The molecule has 1 aromatic heterocycles. The van der Waals surface area contributed by atoms with E-state index < -0.39 is 5.97 Å². The van der Waals surface area contributed by atoms with Crippen LogP contribution in [0.4, 0.5) is 0 Å². The van der Waals surface area contributed by atoms with Crippen LogP contribution >= 0.6 is 0 Å². The van der Waals surface area contributed by atoms with Crippen molar-refractivity contribution in [1.29, 1.82) is 0 Å². The zero-order chi connectivity index (χ0) is 16.6. The molecule has 122 valence electrons. The van der Waals surface area contributed by atoms with Crippen molar-refractivity contribution in [1.82, 2.24) is 14.4 Å². The largest absolute Gasteiger partial charge is 0.477 e. The van der Waals surface area contributed by atoms with E-state index in [9.17, 15) is 14.7 Å². The van der Waals surface area contributed by atoms with Crippen molar-refractivity contribution in [3.05, 3.63) is 35.5 Å². The predicted molar refractivity (Wildman–Crippen MR) is 87.7 cm³/mol. The van der Waals surface area contributed by atoms with E-state index in [0.717, 1.165) is 24.0 Å². The molecule has 0 atom stereocenters. The lowest BCUT2D eigenvalue weighted by Crippen LogP contribution is -2.47. The predicted octanol–water partition coefficient (Wildman–Crippen LogP) is 1.19. The number of carbonyl (C=O) groups is 2. The number of aryl methyl sites for hydroxylation is 1. The topological polar surface area (TPSA) is 65.8 Å². The Balaban J connectivity index is 1.94. The average molecular weight is 315 g/mol. The monoisotopic (exact) mass is 315 g/mol. The van der Waals surface area contributed by atoms with Crippen LogP contribution in [-0.4, -0.2) is 64.6 Å². The van der Waals surface area contributed by atoms with Gasteiger partial charge in [0.25, 0.3) is 0 Å². The number of carboxylic acid groups (broad SMARTS) is 1. The number of hydrogen-bond acceptors (Lipinski definition) is 3. The van der Waals surface area contributed by atoms with E-state index in [-0.39, 0.29) is 18.0 Å². The van der Waals surface area contributed by atoms with Gasteiger partial charge in [0.15, 0.2) is 0 Å². The maximum Gasteiger partial charge on any atom is 0.352 e. The van der Waals surface area contributed by atoms with Gasteiger partial charge in [-0.2, -0.15) is 0 Å². The summed E-state index contributed by atoms with van der Waals surface area (Å²) in [4.78, 5) is 28.3. The Labute approximate surface area is 134 Å². The number of aromatic nitrogens is 1. The number of para-hydroxylation sites is 1. The van der Waals surface area contributed by atoms with Gasteiger partial charge in [-0.25, -0.2) is 4.79 Å². The number of amides is 1. The number of benzene rings is 1. The Morgan fingerprint density at radius 1 is 1.09 bits per heavy atom. The minimum absolute atomic E-state index is 0.00282. The summed E-state index contributed by atoms with van der Waals surface area (Å²) in [5, 5.41) is 10.4. The van der Waals surface area contributed by atoms with E-state index in [1.165, 1.54) is 0 Å². The molecule has 1 fully saturated rings. The third kappa shape index (κ3) is 2.82. The third-order valence-corrected chi connectivity index (χ3v) is 4.60. The van der Waals surface area contributed by atoms with Crippen LogP contribution in [0.1, 0.15) is 16.1 Å². The van der Waals surface area contributed by atoms with Gasteiger partial charge in [0.1, 0.15) is 5.69 Å². The summed E-state index contributed by atoms with van der Waals surface area (Å²) < 4.78 is 1.66. The van der Waals surface area contributed by atoms with Crippen LogP contribution in [0, 0.1) is 0 Å². The highest BCUT2D eigenvalue weighted by Gasteiger charge is 2.25. The van der Waals surface area contributed by atoms with Gasteiger partial charge in [-0.05, 0) is 13.1 Å². The molecule has 0 saturated carbocycles. The SMILES string of the molecule is CN1CCN(C(=O)Cc2c(C(=O)O)n(C)c3ccccc23)CC1. The van der Waals surface area contributed by atoms with Crippen LogP contribution in [0.3, 0.4) is 0 Å². The molecular formula is C17H21N3O3. The van der Waals surface area contributed by atoms with Crippen LogP contribution in [-0.2, 0) is 18.3 Å². The van der Waals surface area contributed by atoms with Crippen molar-refractivity contribution < 1.29 is 14.7 Å². The maximum absolute atomic E-state index is 12.6. The second-order valence-electron chi connectivity index (χ2n) is 6.07. The quantitative estimate of drug-likeness (QED) is 0.924. The van der Waals surface area contributed by atoms with E-state index in [4.69, 9.17) is 0 Å². The molecule has 23 heavy (non-hydrogen) atoms. The van der Waals surface area contributed by atoms with E-state index >= 15 is 0 Å². The summed E-state index contributed by atoms with van der Waals surface area (Å²) >= 11 is 0. The summed E-state index contributed by atoms with van der Waals surface area (Å²) in [6.45, 7) is 3.10. The highest BCUT2D eigenvalue weighted by Crippen LogP contribution is 2.26. The lowest BCUT2D eigenvalue weighted by molar-refractivity contribution is -0.132. The molecule has 0 radical (unpaired) electrons. The van der Waals surface area contributed by atoms with Gasteiger partial charge in [0.05, 0.1) is 6.42 Å². The van der Waals surface area contributed by atoms with Crippen molar-refractivity contribution in [2.75, 3.05) is 33.2 Å². The average Bonchev–Trinajstić information content (AvgIpc) is 2.81. The highest BCUT2D eigenvalue weighted by molar-refractivity contribution is 6.00. The number of hydrogen-bond donors (Lipinski definition) is 1. The number of likely N-dealkylation sites (N-methyl/N-ethyl adjacent to an activating group) is 1. The van der Waals surface area contributed by atoms with Gasteiger partial charge in [0.2, 0.25) is 5.91 Å². The van der Waals surface area contributed by atoms with Crippen molar-refractivity contribution in [2.45, 2.75) is 6.42 Å². The fraction of sp³-hybridized carbons (Fsp3) is 0.412. The van der Waals surface area contributed by atoms with Crippen molar-refractivity contribution in [3.8, 4) is 0 Å². The molecule has 2 aromatic rings. The summed E-state index contributed by atoms with van der Waals surface area (Å²) in [7, 11) is 3.77. The molecule has 1 aliphatic heterocycles. The fourth-order valence-electron chi connectivity index (χ4n) is 3.24. The van der Waals surface area contributed by atoms with E-state index in [1.54, 1.807) is 11.6 Å². The Kier molecular flexibility index (Phi) is 4.09. The van der Waals surface area contributed by atoms with Crippen molar-refractivity contribution in [3.63, 3.8) is 0 Å². The molecule has 1 aromatic carbocycles. The third-order valence-electron chi connectivity index (χ3n) is 4.60. The number of rotatable bonds is 3. The first-order valence-electron chi connectivity index (χ1n) is 7.75. The molecule has 1 aliphatic rings. The van der Waals surface area contributed by atoms with Gasteiger partial charge < -0.3 is 19.5 Å². The van der Waals surface area contributed by atoms with Gasteiger partial charge in [-0.3, -0.25) is 4.79 Å². The highest BCUT2D eigenvalue weighted by atomic mass is 16.4. The van der Waals surface area contributed by atoms with Gasteiger partial charge in [-0.1, -0.05) is 18.2 Å². The Morgan fingerprint density at radius 3 is 2.39 bits per heavy atom. The Morgan fingerprint density at radius 2 is 1.74 bits per heavy atom. The van der Waals surface area contributed by atoms with Crippen LogP contribution in [0.5, 0.6) is 0 Å². The Bertz CT molecular complexity index is 758. The van der Waals surface area contributed by atoms with Crippen molar-refractivity contribution >= 4 is 22.8 Å². The minimum Gasteiger partial charge on any atom is -0.477 e. The Hall–Kier alpha value is -2.34. The van der Waals surface area contributed by atoms with Crippen LogP contribution in [0.25, 0.3) is 10.9 Å². The van der Waals surface area contributed by atoms with Crippen LogP contribution in [0.15, 0.2) is 24.3 Å². The lowest BCUT2D eigenvalue weighted by atomic mass is 10.1. The van der Waals surface area contributed by atoms with Gasteiger partial charge >= 0.3 is 5.97 Å². The molecule has 1 saturated heterocycles. The zero-order valence-electron chi connectivity index (χ0n) is 13.5. The number of fused-ring (bicyclic) bond motifs is 1. The fourth-order valence-corrected chi connectivity index (χ4v) is 3.24. The van der Waals surface area contributed by atoms with E-state index in [2.05, 4.69) is 4.90 Å². The standard InChI is InChI=1S/C17H21N3O3/c1-18-7-9-20(10-8-18)15(21)11-13-12-5-3-4-6-14(12)19(2)16(13)17(22)23/h3-6H,7-11H2,1-2H3,(H,22,23). The summed E-state index contributed by atoms with van der Waals surface area (Å²) in [5.74, 6) is -0.998. The minimum atomic E-state index is -0.995. The molecule has 0 unspecified atom stereocenters. The number of piperazine rings is 1. The van der Waals surface area contributed by atoms with Crippen molar-refractivity contribution in [2.24, 2.45) is 7.05 Å². The first-order valence-corrected chi connectivity index (χ1v) is 7.75. The molecule has 3 rings (SSSR count). The second kappa shape index (κ2) is 6.04. The molecule has 1 N–H and O–H groups in total. The van der Waals surface area contributed by atoms with Gasteiger partial charge in [0, 0.05) is 49.7 Å². The molecule has 6 heteroatoms. The number of carbonyl (C=O) groups excluding carboxylic acids is 1. The number of aromatic carboxylic acids is 1. The summed E-state index contributed by atoms with van der Waals surface area (Å²) in [5.41, 5.74) is 1.65. The molecule has 0 spiro atoms. The van der Waals surface area contributed by atoms with E-state index in [1.807, 2.05) is 36.2 Å². The first kappa shape index (κ1) is 15.6. The van der Waals surface area contributed by atoms with E-state index in [0.29, 0.717) is 18.7 Å². The van der Waals surface area contributed by atoms with Gasteiger partial charge in [-0.15, -0.1) is 0 Å². The number of nitrogens with zero attached hydrogens (tertiary/aromatic N) is 3. The summed E-state index contributed by atoms with van der Waals surface area (Å²) in [6.07, 6.45) is 0.132. The first-order chi connectivity index (χ1) is 11.0. The maximum atomic E-state index is 12.6. The molecule has 2 heterocycles. The van der Waals surface area contributed by atoms with Crippen LogP contribution < -0.4 is 0 Å². The number of carboxylic acids is 1. The van der Waals surface area contributed by atoms with Crippen LogP contribution in [0.2, 0.25) is 0 Å². The molecular weight excluding hydrogens is 294 g/mol. The molecule has 0 bridgehead atoms. The summed E-state index contributed by atoms with van der Waals surface area (Å²) in [6, 6.07) is 7.51. The molecule has 0 aliphatic carbocycles. The zero-order valence-corrected chi connectivity index (χ0v) is 13.5.